The summed E-state index contributed by atoms with van der Waals surface area (Å²) in [5.41, 5.74) is 12.3. The zero-order valence-electron chi connectivity index (χ0n) is 19.0. The van der Waals surface area contributed by atoms with Crippen molar-refractivity contribution in [2.24, 2.45) is 11.1 Å². The fourth-order valence-corrected chi connectivity index (χ4v) is 3.58. The molecule has 2 amide bonds. The average molecular weight is 416 g/mol. The van der Waals surface area contributed by atoms with Crippen molar-refractivity contribution in [3.8, 4) is 11.1 Å². The first-order valence-electron chi connectivity index (χ1n) is 10.7. The summed E-state index contributed by atoms with van der Waals surface area (Å²) < 4.78 is 0. The first-order valence-corrected chi connectivity index (χ1v) is 10.7. The van der Waals surface area contributed by atoms with E-state index in [0.29, 0.717) is 19.6 Å². The number of urea groups is 1. The van der Waals surface area contributed by atoms with Gasteiger partial charge in [0.05, 0.1) is 0 Å². The Hall–Kier alpha value is -3.11. The lowest BCUT2D eigenvalue weighted by Crippen LogP contribution is -2.43. The maximum absolute atomic E-state index is 13.2. The van der Waals surface area contributed by atoms with Gasteiger partial charge in [0, 0.05) is 18.8 Å². The Morgan fingerprint density at radius 3 is 2.19 bits per heavy atom. The average Bonchev–Trinajstić information content (AvgIpc) is 2.76. The molecular formula is C27H33N3O. The third-order valence-electron chi connectivity index (χ3n) is 5.52. The second-order valence-electron chi connectivity index (χ2n) is 9.04. The fourth-order valence-electron chi connectivity index (χ4n) is 3.58. The van der Waals surface area contributed by atoms with Crippen LogP contribution in [0.1, 0.15) is 30.5 Å². The maximum Gasteiger partial charge on any atom is 0.322 e. The summed E-state index contributed by atoms with van der Waals surface area (Å²) in [7, 11) is 0. The summed E-state index contributed by atoms with van der Waals surface area (Å²) in [6.07, 6.45) is 0. The zero-order chi connectivity index (χ0) is 22.4. The van der Waals surface area contributed by atoms with Crippen LogP contribution < -0.4 is 11.1 Å². The van der Waals surface area contributed by atoms with E-state index in [-0.39, 0.29) is 11.4 Å². The molecule has 0 saturated carbocycles. The fraction of sp³-hybridized carbons (Fsp3) is 0.296. The topological polar surface area (TPSA) is 58.4 Å². The molecule has 0 radical (unpaired) electrons. The molecule has 0 saturated heterocycles. The number of nitrogens with zero attached hydrogens (tertiary/aromatic N) is 1. The van der Waals surface area contributed by atoms with Crippen LogP contribution in [0.15, 0.2) is 72.8 Å². The number of anilines is 1. The number of amides is 2. The van der Waals surface area contributed by atoms with E-state index in [9.17, 15) is 4.79 Å². The first-order chi connectivity index (χ1) is 14.8. The van der Waals surface area contributed by atoms with Crippen molar-refractivity contribution in [3.63, 3.8) is 0 Å². The molecule has 162 valence electrons. The standard InChI is InChI=1S/C27H33N3O/c1-20-10-15-25(21(2)16-20)29-26(31)30(19-27(3,4)18-28)17-22-11-13-24(14-12-22)23-8-6-5-7-9-23/h5-16H,17-19,28H2,1-4H3,(H,29,31). The summed E-state index contributed by atoms with van der Waals surface area (Å²) in [5.74, 6) is 0. The number of rotatable bonds is 7. The molecular weight excluding hydrogens is 382 g/mol. The second kappa shape index (κ2) is 9.80. The third kappa shape index (κ3) is 6.19. The van der Waals surface area contributed by atoms with Crippen molar-refractivity contribution >= 4 is 11.7 Å². The highest BCUT2D eigenvalue weighted by molar-refractivity contribution is 5.90. The summed E-state index contributed by atoms with van der Waals surface area (Å²) in [5, 5.41) is 3.09. The highest BCUT2D eigenvalue weighted by Gasteiger charge is 2.24. The van der Waals surface area contributed by atoms with E-state index in [0.717, 1.165) is 22.4 Å². The SMILES string of the molecule is Cc1ccc(NC(=O)N(Cc2ccc(-c3ccccc3)cc2)CC(C)(C)CN)c(C)c1. The molecule has 4 nitrogen and oxygen atoms in total. The molecule has 0 aliphatic rings. The minimum absolute atomic E-state index is 0.111. The molecule has 0 aliphatic heterocycles. The Kier molecular flexibility index (Phi) is 7.13. The Morgan fingerprint density at radius 1 is 0.935 bits per heavy atom. The largest absolute Gasteiger partial charge is 0.330 e. The van der Waals surface area contributed by atoms with Crippen molar-refractivity contribution < 1.29 is 4.79 Å². The van der Waals surface area contributed by atoms with Crippen LogP contribution in [0, 0.1) is 19.3 Å². The number of aryl methyl sites for hydroxylation is 2. The smallest absolute Gasteiger partial charge is 0.322 e. The minimum atomic E-state index is -0.177. The van der Waals surface area contributed by atoms with Gasteiger partial charge < -0.3 is 16.0 Å². The van der Waals surface area contributed by atoms with Gasteiger partial charge >= 0.3 is 6.03 Å². The summed E-state index contributed by atoms with van der Waals surface area (Å²) in [4.78, 5) is 15.1. The van der Waals surface area contributed by atoms with Gasteiger partial charge in [-0.15, -0.1) is 0 Å². The van der Waals surface area contributed by atoms with Crippen LogP contribution in [-0.4, -0.2) is 24.0 Å². The van der Waals surface area contributed by atoms with Crippen LogP contribution in [0.2, 0.25) is 0 Å². The number of hydrogen-bond donors (Lipinski definition) is 2. The Bertz CT molecular complexity index is 1010. The van der Waals surface area contributed by atoms with Crippen LogP contribution in [0.5, 0.6) is 0 Å². The number of benzene rings is 3. The normalized spacial score (nSPS) is 11.3. The molecule has 0 fully saturated rings. The van der Waals surface area contributed by atoms with E-state index in [2.05, 4.69) is 61.6 Å². The highest BCUT2D eigenvalue weighted by atomic mass is 16.2. The quantitative estimate of drug-likeness (QED) is 0.498. The van der Waals surface area contributed by atoms with Crippen LogP contribution in [0.3, 0.4) is 0 Å². The van der Waals surface area contributed by atoms with Crippen molar-refractivity contribution in [2.75, 3.05) is 18.4 Å². The van der Waals surface area contributed by atoms with E-state index in [1.807, 2.05) is 49.1 Å². The van der Waals surface area contributed by atoms with Gasteiger partial charge in [-0.3, -0.25) is 0 Å². The van der Waals surface area contributed by atoms with Crippen molar-refractivity contribution in [1.29, 1.82) is 0 Å². The summed E-state index contributed by atoms with van der Waals surface area (Å²) in [6, 6.07) is 24.6. The summed E-state index contributed by atoms with van der Waals surface area (Å²) >= 11 is 0. The lowest BCUT2D eigenvalue weighted by Gasteiger charge is -2.32. The van der Waals surface area contributed by atoms with Gasteiger partial charge in [0.15, 0.2) is 0 Å². The molecule has 0 atom stereocenters. The predicted octanol–water partition coefficient (Wildman–Crippen LogP) is 5.99. The molecule has 3 N–H and O–H groups in total. The van der Waals surface area contributed by atoms with Gasteiger partial charge in [0.1, 0.15) is 0 Å². The zero-order valence-corrected chi connectivity index (χ0v) is 19.0. The van der Waals surface area contributed by atoms with Crippen LogP contribution in [-0.2, 0) is 6.54 Å². The molecule has 0 spiro atoms. The van der Waals surface area contributed by atoms with Crippen LogP contribution >= 0.6 is 0 Å². The molecule has 0 aromatic heterocycles. The molecule has 0 unspecified atom stereocenters. The van der Waals surface area contributed by atoms with Crippen molar-refractivity contribution in [1.82, 2.24) is 4.90 Å². The van der Waals surface area contributed by atoms with Crippen molar-refractivity contribution in [3.05, 3.63) is 89.5 Å². The van der Waals surface area contributed by atoms with E-state index < -0.39 is 0 Å². The third-order valence-corrected chi connectivity index (χ3v) is 5.52. The van der Waals surface area contributed by atoms with E-state index in [1.165, 1.54) is 11.1 Å². The van der Waals surface area contributed by atoms with Gasteiger partial charge in [-0.05, 0) is 54.1 Å². The van der Waals surface area contributed by atoms with Gasteiger partial charge in [-0.25, -0.2) is 4.79 Å². The van der Waals surface area contributed by atoms with Crippen LogP contribution in [0.4, 0.5) is 10.5 Å². The Labute approximate surface area is 186 Å². The molecule has 0 aliphatic carbocycles. The molecule has 3 aromatic rings. The molecule has 0 heterocycles. The van der Waals surface area contributed by atoms with Gasteiger partial charge in [0.2, 0.25) is 0 Å². The van der Waals surface area contributed by atoms with Gasteiger partial charge in [-0.2, -0.15) is 0 Å². The number of carbonyl (C=O) groups is 1. The Morgan fingerprint density at radius 2 is 1.58 bits per heavy atom. The van der Waals surface area contributed by atoms with E-state index in [4.69, 9.17) is 5.73 Å². The minimum Gasteiger partial charge on any atom is -0.330 e. The predicted molar refractivity (Wildman–Crippen MR) is 130 cm³/mol. The summed E-state index contributed by atoms with van der Waals surface area (Å²) in [6.45, 7) is 9.84. The van der Waals surface area contributed by atoms with Crippen LogP contribution in [0.25, 0.3) is 11.1 Å². The molecule has 4 heteroatoms. The molecule has 0 bridgehead atoms. The second-order valence-corrected chi connectivity index (χ2v) is 9.04. The number of nitrogens with two attached hydrogens (primary N) is 1. The van der Waals surface area contributed by atoms with Gasteiger partial charge in [-0.1, -0.05) is 86.1 Å². The van der Waals surface area contributed by atoms with Crippen molar-refractivity contribution in [2.45, 2.75) is 34.2 Å². The monoisotopic (exact) mass is 415 g/mol. The molecule has 3 aromatic carbocycles. The number of hydrogen-bond acceptors (Lipinski definition) is 2. The molecule has 3 rings (SSSR count). The lowest BCUT2D eigenvalue weighted by atomic mass is 9.93. The van der Waals surface area contributed by atoms with E-state index >= 15 is 0 Å². The number of nitrogens with one attached hydrogen (secondary N) is 1. The molecule has 31 heavy (non-hydrogen) atoms. The first kappa shape index (κ1) is 22.6. The maximum atomic E-state index is 13.2. The lowest BCUT2D eigenvalue weighted by molar-refractivity contribution is 0.177. The Balaban J connectivity index is 1.79. The highest BCUT2D eigenvalue weighted by Crippen LogP contribution is 2.23. The van der Waals surface area contributed by atoms with Gasteiger partial charge in [0.25, 0.3) is 0 Å². The van der Waals surface area contributed by atoms with E-state index in [1.54, 1.807) is 0 Å². The number of carbonyl (C=O) groups excluding carboxylic acids is 1.